The highest BCUT2D eigenvalue weighted by molar-refractivity contribution is 5.50. The molecule has 0 radical (unpaired) electrons. The molecule has 0 aliphatic heterocycles. The van der Waals surface area contributed by atoms with Gasteiger partial charge in [0.15, 0.2) is 0 Å². The van der Waals surface area contributed by atoms with E-state index in [2.05, 4.69) is 14.9 Å². The Morgan fingerprint density at radius 2 is 1.76 bits per heavy atom. The molecule has 0 atom stereocenters. The third kappa shape index (κ3) is 3.37. The number of fused-ring (bicyclic) bond motifs is 1. The molecule has 0 spiro atoms. The van der Waals surface area contributed by atoms with Crippen LogP contribution in [0.2, 0.25) is 0 Å². The molecule has 116 valence electrons. The maximum Gasteiger partial charge on any atom is 0.135 e. The van der Waals surface area contributed by atoms with Crippen molar-refractivity contribution in [2.24, 2.45) is 5.73 Å². The molecule has 4 heteroatoms. The number of nitrogens with zero attached hydrogens (tertiary/aromatic N) is 3. The van der Waals surface area contributed by atoms with Gasteiger partial charge in [-0.15, -0.1) is 0 Å². The van der Waals surface area contributed by atoms with Gasteiger partial charge < -0.3 is 10.6 Å². The Morgan fingerprint density at radius 3 is 2.57 bits per heavy atom. The lowest BCUT2D eigenvalue weighted by Crippen LogP contribution is -2.41. The van der Waals surface area contributed by atoms with Crippen LogP contribution in [0.5, 0.6) is 0 Å². The van der Waals surface area contributed by atoms with E-state index in [1.54, 1.807) is 6.33 Å². The minimum atomic E-state index is 0.629. The zero-order chi connectivity index (χ0) is 14.5. The fraction of sp³-hybridized carbons (Fsp3) is 0.765. The monoisotopic (exact) mass is 288 g/mol. The SMILES string of the molecule is NCCN(c1ncnc2c1CCCCC2)C1CCCCC1. The number of nitrogens with two attached hydrogens (primary N) is 1. The molecule has 0 aromatic carbocycles. The molecule has 1 aromatic rings. The van der Waals surface area contributed by atoms with Gasteiger partial charge in [-0.1, -0.05) is 25.7 Å². The first-order chi connectivity index (χ1) is 10.4. The molecule has 3 rings (SSSR count). The molecule has 1 saturated carbocycles. The summed E-state index contributed by atoms with van der Waals surface area (Å²) < 4.78 is 0. The van der Waals surface area contributed by atoms with E-state index in [4.69, 9.17) is 5.73 Å². The summed E-state index contributed by atoms with van der Waals surface area (Å²) >= 11 is 0. The van der Waals surface area contributed by atoms with Crippen molar-refractivity contribution in [1.82, 2.24) is 9.97 Å². The molecule has 1 fully saturated rings. The summed E-state index contributed by atoms with van der Waals surface area (Å²) in [5, 5.41) is 0. The summed E-state index contributed by atoms with van der Waals surface area (Å²) in [6, 6.07) is 0.629. The lowest BCUT2D eigenvalue weighted by atomic mass is 9.93. The summed E-state index contributed by atoms with van der Waals surface area (Å²) in [6.07, 6.45) is 14.5. The first kappa shape index (κ1) is 14.8. The van der Waals surface area contributed by atoms with E-state index in [0.717, 1.165) is 19.4 Å². The van der Waals surface area contributed by atoms with Crippen LogP contribution in [-0.4, -0.2) is 29.1 Å². The van der Waals surface area contributed by atoms with Gasteiger partial charge in [0.2, 0.25) is 0 Å². The molecule has 0 saturated heterocycles. The summed E-state index contributed by atoms with van der Waals surface area (Å²) in [6.45, 7) is 1.63. The molecule has 2 aliphatic carbocycles. The van der Waals surface area contributed by atoms with Crippen molar-refractivity contribution in [2.75, 3.05) is 18.0 Å². The van der Waals surface area contributed by atoms with Crippen molar-refractivity contribution >= 4 is 5.82 Å². The molecule has 1 heterocycles. The highest BCUT2D eigenvalue weighted by atomic mass is 15.2. The Morgan fingerprint density at radius 1 is 1.00 bits per heavy atom. The van der Waals surface area contributed by atoms with Crippen LogP contribution in [0.4, 0.5) is 5.82 Å². The average molecular weight is 288 g/mol. The van der Waals surface area contributed by atoms with Crippen LogP contribution in [0.3, 0.4) is 0 Å². The highest BCUT2D eigenvalue weighted by Crippen LogP contribution is 2.31. The number of anilines is 1. The predicted molar refractivity (Wildman–Crippen MR) is 86.6 cm³/mol. The topological polar surface area (TPSA) is 55.0 Å². The Bertz CT molecular complexity index is 454. The highest BCUT2D eigenvalue weighted by Gasteiger charge is 2.25. The van der Waals surface area contributed by atoms with Gasteiger partial charge in [-0.25, -0.2) is 9.97 Å². The summed E-state index contributed by atoms with van der Waals surface area (Å²) in [4.78, 5) is 11.8. The van der Waals surface area contributed by atoms with Crippen LogP contribution < -0.4 is 10.6 Å². The van der Waals surface area contributed by atoms with Crippen LogP contribution in [0.25, 0.3) is 0 Å². The fourth-order valence-corrected chi connectivity index (χ4v) is 3.92. The number of aryl methyl sites for hydroxylation is 1. The molecule has 0 unspecified atom stereocenters. The smallest absolute Gasteiger partial charge is 0.135 e. The summed E-state index contributed by atoms with van der Waals surface area (Å²) in [5.41, 5.74) is 8.59. The Kier molecular flexibility index (Phi) is 5.07. The van der Waals surface area contributed by atoms with Gasteiger partial charge in [-0.3, -0.25) is 0 Å². The third-order valence-corrected chi connectivity index (χ3v) is 5.01. The average Bonchev–Trinajstić information content (AvgIpc) is 2.79. The Hall–Kier alpha value is -1.16. The van der Waals surface area contributed by atoms with Crippen LogP contribution in [-0.2, 0) is 12.8 Å². The minimum Gasteiger partial charge on any atom is -0.352 e. The van der Waals surface area contributed by atoms with Gasteiger partial charge in [0.05, 0.1) is 0 Å². The molecular formula is C17H28N4. The fourth-order valence-electron chi connectivity index (χ4n) is 3.92. The van der Waals surface area contributed by atoms with Crippen molar-refractivity contribution in [3.05, 3.63) is 17.6 Å². The zero-order valence-electron chi connectivity index (χ0n) is 13.1. The van der Waals surface area contributed by atoms with E-state index >= 15 is 0 Å². The standard InChI is InChI=1S/C17H28N4/c18-11-12-21(14-7-3-1-4-8-14)17-15-9-5-2-6-10-16(15)19-13-20-17/h13-14H,1-12,18H2. The second-order valence-corrected chi connectivity index (χ2v) is 6.46. The van der Waals surface area contributed by atoms with E-state index in [1.807, 2.05) is 0 Å². The van der Waals surface area contributed by atoms with E-state index in [9.17, 15) is 0 Å². The Balaban J connectivity index is 1.91. The largest absolute Gasteiger partial charge is 0.352 e. The number of aromatic nitrogens is 2. The second-order valence-electron chi connectivity index (χ2n) is 6.46. The molecule has 2 aliphatic rings. The second kappa shape index (κ2) is 7.21. The maximum atomic E-state index is 5.90. The molecule has 21 heavy (non-hydrogen) atoms. The normalized spacial score (nSPS) is 19.9. The van der Waals surface area contributed by atoms with Gasteiger partial charge in [0, 0.05) is 30.4 Å². The lowest BCUT2D eigenvalue weighted by molar-refractivity contribution is 0.413. The first-order valence-corrected chi connectivity index (χ1v) is 8.69. The number of hydrogen-bond donors (Lipinski definition) is 1. The van der Waals surface area contributed by atoms with Gasteiger partial charge >= 0.3 is 0 Å². The molecular weight excluding hydrogens is 260 g/mol. The first-order valence-electron chi connectivity index (χ1n) is 8.69. The van der Waals surface area contributed by atoms with Crippen molar-refractivity contribution in [1.29, 1.82) is 0 Å². The number of rotatable bonds is 4. The van der Waals surface area contributed by atoms with Crippen LogP contribution in [0.1, 0.15) is 62.6 Å². The van der Waals surface area contributed by atoms with Gasteiger partial charge in [0.25, 0.3) is 0 Å². The van der Waals surface area contributed by atoms with Crippen molar-refractivity contribution < 1.29 is 0 Å². The van der Waals surface area contributed by atoms with Crippen molar-refractivity contribution in [3.63, 3.8) is 0 Å². The van der Waals surface area contributed by atoms with Gasteiger partial charge in [-0.2, -0.15) is 0 Å². The van der Waals surface area contributed by atoms with Crippen LogP contribution in [0, 0.1) is 0 Å². The van der Waals surface area contributed by atoms with E-state index in [1.165, 1.54) is 68.4 Å². The number of hydrogen-bond acceptors (Lipinski definition) is 4. The molecule has 1 aromatic heterocycles. The summed E-state index contributed by atoms with van der Waals surface area (Å²) in [5.74, 6) is 1.19. The lowest BCUT2D eigenvalue weighted by Gasteiger charge is -2.36. The minimum absolute atomic E-state index is 0.629. The predicted octanol–water partition coefficient (Wildman–Crippen LogP) is 2.84. The van der Waals surface area contributed by atoms with Gasteiger partial charge in [0.1, 0.15) is 12.1 Å². The van der Waals surface area contributed by atoms with E-state index in [-0.39, 0.29) is 0 Å². The zero-order valence-corrected chi connectivity index (χ0v) is 13.1. The maximum absolute atomic E-state index is 5.90. The van der Waals surface area contributed by atoms with Crippen molar-refractivity contribution in [3.8, 4) is 0 Å². The van der Waals surface area contributed by atoms with Gasteiger partial charge in [-0.05, 0) is 38.5 Å². The van der Waals surface area contributed by atoms with E-state index < -0.39 is 0 Å². The molecule has 4 nitrogen and oxygen atoms in total. The van der Waals surface area contributed by atoms with Crippen LogP contribution >= 0.6 is 0 Å². The summed E-state index contributed by atoms with van der Waals surface area (Å²) in [7, 11) is 0. The molecule has 0 bridgehead atoms. The third-order valence-electron chi connectivity index (χ3n) is 5.01. The molecule has 0 amide bonds. The Labute approximate surface area is 128 Å². The van der Waals surface area contributed by atoms with Crippen LogP contribution in [0.15, 0.2) is 6.33 Å². The molecule has 2 N–H and O–H groups in total. The van der Waals surface area contributed by atoms with Crippen molar-refractivity contribution in [2.45, 2.75) is 70.3 Å². The quantitative estimate of drug-likeness (QED) is 0.866. The van der Waals surface area contributed by atoms with E-state index in [0.29, 0.717) is 12.6 Å².